The number of morpholine rings is 1. The van der Waals surface area contributed by atoms with E-state index in [1.54, 1.807) is 6.07 Å². The predicted octanol–water partition coefficient (Wildman–Crippen LogP) is 3.52. The maximum Gasteiger partial charge on any atom is 0.261 e. The molecule has 1 spiro atoms. The Labute approximate surface area is 159 Å². The number of carbonyl (C=O) groups excluding carboxylic acids is 1. The lowest BCUT2D eigenvalue weighted by Gasteiger charge is -2.43. The predicted molar refractivity (Wildman–Crippen MR) is 105 cm³/mol. The van der Waals surface area contributed by atoms with Crippen LogP contribution in [0.15, 0.2) is 41.2 Å². The van der Waals surface area contributed by atoms with Gasteiger partial charge in [-0.1, -0.05) is 43.2 Å². The Morgan fingerprint density at radius 2 is 1.93 bits per heavy atom. The minimum absolute atomic E-state index is 0.0149. The van der Waals surface area contributed by atoms with E-state index in [4.69, 9.17) is 4.74 Å². The molecule has 1 saturated heterocycles. The molecule has 1 aliphatic carbocycles. The third-order valence-electron chi connectivity index (χ3n) is 5.76. The monoisotopic (exact) mass is 366 g/mol. The van der Waals surface area contributed by atoms with Gasteiger partial charge < -0.3 is 14.6 Å². The van der Waals surface area contributed by atoms with Crippen molar-refractivity contribution in [2.45, 2.75) is 51.2 Å². The van der Waals surface area contributed by atoms with Gasteiger partial charge in [0, 0.05) is 17.8 Å². The zero-order valence-electron chi connectivity index (χ0n) is 16.0. The second kappa shape index (κ2) is 6.97. The fourth-order valence-electron chi connectivity index (χ4n) is 4.54. The van der Waals surface area contributed by atoms with Gasteiger partial charge in [0.15, 0.2) is 0 Å². The summed E-state index contributed by atoms with van der Waals surface area (Å²) in [5, 5.41) is 0. The molecule has 0 bridgehead atoms. The Morgan fingerprint density at radius 3 is 2.63 bits per heavy atom. The summed E-state index contributed by atoms with van der Waals surface area (Å²) in [4.78, 5) is 30.5. The Morgan fingerprint density at radius 1 is 1.22 bits per heavy atom. The molecule has 4 rings (SSSR count). The van der Waals surface area contributed by atoms with Crippen LogP contribution in [-0.2, 0) is 4.74 Å². The Bertz CT molecular complexity index is 898. The minimum atomic E-state index is -0.322. The second-order valence-corrected chi connectivity index (χ2v) is 7.92. The lowest BCUT2D eigenvalue weighted by atomic mass is 9.97. The Kier molecular flexibility index (Phi) is 4.64. The van der Waals surface area contributed by atoms with Gasteiger partial charge in [-0.3, -0.25) is 9.59 Å². The summed E-state index contributed by atoms with van der Waals surface area (Å²) in [5.74, 6) is -0.199. The van der Waals surface area contributed by atoms with E-state index in [1.807, 2.05) is 49.1 Å². The van der Waals surface area contributed by atoms with Crippen molar-refractivity contribution < 1.29 is 9.53 Å². The molecular formula is C22H26N2O3. The highest BCUT2D eigenvalue weighted by Gasteiger charge is 2.43. The first-order valence-electron chi connectivity index (χ1n) is 9.74. The van der Waals surface area contributed by atoms with Crippen LogP contribution in [0.2, 0.25) is 0 Å². The second-order valence-electron chi connectivity index (χ2n) is 7.92. The number of benzene rings is 1. The molecule has 1 aromatic carbocycles. The number of aromatic amines is 1. The summed E-state index contributed by atoms with van der Waals surface area (Å²) in [6, 6.07) is 11.6. The van der Waals surface area contributed by atoms with Gasteiger partial charge in [0.2, 0.25) is 0 Å². The number of ether oxygens (including phenoxy) is 1. The lowest BCUT2D eigenvalue weighted by Crippen LogP contribution is -2.55. The van der Waals surface area contributed by atoms with Gasteiger partial charge in [-0.25, -0.2) is 0 Å². The fraction of sp³-hybridized carbons (Fsp3) is 0.455. The molecule has 5 heteroatoms. The van der Waals surface area contributed by atoms with E-state index in [0.717, 1.165) is 42.5 Å². The molecule has 1 aromatic heterocycles. The van der Waals surface area contributed by atoms with E-state index in [-0.39, 0.29) is 28.7 Å². The van der Waals surface area contributed by atoms with Crippen molar-refractivity contribution in [1.29, 1.82) is 0 Å². The average molecular weight is 366 g/mol. The molecule has 1 aliphatic heterocycles. The molecule has 2 fully saturated rings. The van der Waals surface area contributed by atoms with E-state index in [2.05, 4.69) is 4.98 Å². The highest BCUT2D eigenvalue weighted by atomic mass is 16.5. The number of H-pyrrole nitrogens is 1. The van der Waals surface area contributed by atoms with E-state index in [0.29, 0.717) is 13.1 Å². The van der Waals surface area contributed by atoms with Crippen molar-refractivity contribution in [1.82, 2.24) is 9.88 Å². The van der Waals surface area contributed by atoms with Crippen LogP contribution >= 0.6 is 0 Å². The van der Waals surface area contributed by atoms with Crippen LogP contribution in [0.5, 0.6) is 0 Å². The first kappa shape index (κ1) is 18.0. The molecule has 1 unspecified atom stereocenters. The summed E-state index contributed by atoms with van der Waals surface area (Å²) in [6.07, 6.45) is 4.23. The van der Waals surface area contributed by atoms with Gasteiger partial charge in [0.25, 0.3) is 11.5 Å². The number of nitrogens with one attached hydrogen (secondary N) is 1. The average Bonchev–Trinajstić information content (AvgIpc) is 3.08. The largest absolute Gasteiger partial charge is 0.368 e. The summed E-state index contributed by atoms with van der Waals surface area (Å²) in [6.45, 7) is 4.97. The first-order valence-corrected chi connectivity index (χ1v) is 9.74. The van der Waals surface area contributed by atoms with Crippen molar-refractivity contribution in [3.05, 3.63) is 58.0 Å². The van der Waals surface area contributed by atoms with Gasteiger partial charge in [0.05, 0.1) is 18.2 Å². The minimum Gasteiger partial charge on any atom is -0.368 e. The highest BCUT2D eigenvalue weighted by molar-refractivity contribution is 5.95. The molecule has 1 N–H and O–H groups in total. The molecule has 2 aromatic rings. The molecular weight excluding hydrogens is 340 g/mol. The fourth-order valence-corrected chi connectivity index (χ4v) is 4.54. The van der Waals surface area contributed by atoms with Gasteiger partial charge in [-0.15, -0.1) is 0 Å². The number of hydrogen-bond acceptors (Lipinski definition) is 3. The number of nitrogens with zero attached hydrogens (tertiary/aromatic N) is 1. The highest BCUT2D eigenvalue weighted by Crippen LogP contribution is 2.37. The van der Waals surface area contributed by atoms with Crippen LogP contribution in [0.25, 0.3) is 11.1 Å². The number of rotatable bonds is 2. The van der Waals surface area contributed by atoms with Gasteiger partial charge in [-0.2, -0.15) is 0 Å². The SMILES string of the molecule is Cc1[nH]c(=O)c(C(=O)N2CC(C)OC3(CCCC3)C2)cc1-c1ccccc1. The lowest BCUT2D eigenvalue weighted by molar-refractivity contribution is -0.135. The van der Waals surface area contributed by atoms with Crippen LogP contribution in [0, 0.1) is 6.92 Å². The molecule has 0 radical (unpaired) electrons. The van der Waals surface area contributed by atoms with Crippen molar-refractivity contribution >= 4 is 5.91 Å². The van der Waals surface area contributed by atoms with Gasteiger partial charge in [0.1, 0.15) is 5.56 Å². The van der Waals surface area contributed by atoms with Crippen molar-refractivity contribution in [2.24, 2.45) is 0 Å². The molecule has 1 amide bonds. The van der Waals surface area contributed by atoms with E-state index in [1.165, 1.54) is 0 Å². The van der Waals surface area contributed by atoms with E-state index in [9.17, 15) is 9.59 Å². The smallest absolute Gasteiger partial charge is 0.261 e. The van der Waals surface area contributed by atoms with E-state index < -0.39 is 0 Å². The molecule has 1 saturated carbocycles. The Balaban J connectivity index is 1.68. The number of hydrogen-bond donors (Lipinski definition) is 1. The Hall–Kier alpha value is -2.40. The van der Waals surface area contributed by atoms with Gasteiger partial charge >= 0.3 is 0 Å². The third-order valence-corrected chi connectivity index (χ3v) is 5.76. The molecule has 142 valence electrons. The number of carbonyl (C=O) groups is 1. The summed E-state index contributed by atoms with van der Waals surface area (Å²) < 4.78 is 6.21. The zero-order chi connectivity index (χ0) is 19.0. The first-order chi connectivity index (χ1) is 13.0. The number of amides is 1. The van der Waals surface area contributed by atoms with Crippen LogP contribution in [0.4, 0.5) is 0 Å². The number of aryl methyl sites for hydroxylation is 1. The number of pyridine rings is 1. The number of aromatic nitrogens is 1. The van der Waals surface area contributed by atoms with Crippen molar-refractivity contribution in [3.8, 4) is 11.1 Å². The van der Waals surface area contributed by atoms with Crippen LogP contribution in [0.1, 0.15) is 48.7 Å². The van der Waals surface area contributed by atoms with Crippen LogP contribution in [-0.4, -0.2) is 40.6 Å². The normalized spacial score (nSPS) is 21.6. The molecule has 2 heterocycles. The zero-order valence-corrected chi connectivity index (χ0v) is 16.0. The molecule has 1 atom stereocenters. The van der Waals surface area contributed by atoms with Gasteiger partial charge in [-0.05, 0) is 38.3 Å². The standard InChI is InChI=1S/C22H26N2O3/c1-15-13-24(14-22(27-15)10-6-7-11-22)21(26)19-12-18(16(2)23-20(19)25)17-8-4-3-5-9-17/h3-5,8-9,12,15H,6-7,10-11,13-14H2,1-2H3,(H,23,25). The van der Waals surface area contributed by atoms with Crippen LogP contribution in [0.3, 0.4) is 0 Å². The topological polar surface area (TPSA) is 62.4 Å². The molecule has 2 aliphatic rings. The maximum atomic E-state index is 13.3. The third kappa shape index (κ3) is 3.44. The quantitative estimate of drug-likeness (QED) is 0.884. The molecule has 5 nitrogen and oxygen atoms in total. The maximum absolute atomic E-state index is 13.3. The summed E-state index contributed by atoms with van der Waals surface area (Å²) >= 11 is 0. The van der Waals surface area contributed by atoms with Crippen molar-refractivity contribution in [2.75, 3.05) is 13.1 Å². The van der Waals surface area contributed by atoms with Crippen molar-refractivity contribution in [3.63, 3.8) is 0 Å². The summed E-state index contributed by atoms with van der Waals surface area (Å²) in [7, 11) is 0. The van der Waals surface area contributed by atoms with E-state index >= 15 is 0 Å². The van der Waals surface area contributed by atoms with Crippen LogP contribution < -0.4 is 5.56 Å². The molecule has 27 heavy (non-hydrogen) atoms. The summed E-state index contributed by atoms with van der Waals surface area (Å²) in [5.41, 5.74) is 2.30.